The summed E-state index contributed by atoms with van der Waals surface area (Å²) in [4.78, 5) is 31.2. The number of halogens is 6. The van der Waals surface area contributed by atoms with Crippen molar-refractivity contribution in [3.63, 3.8) is 0 Å². The molecule has 232 valence electrons. The van der Waals surface area contributed by atoms with Gasteiger partial charge in [-0.3, -0.25) is 4.79 Å². The molecule has 0 aliphatic carbocycles. The molecule has 1 aromatic heterocycles. The van der Waals surface area contributed by atoms with E-state index in [9.17, 15) is 35.9 Å². The summed E-state index contributed by atoms with van der Waals surface area (Å²) in [5.74, 6) is -5.21. The van der Waals surface area contributed by atoms with Crippen LogP contribution >= 0.6 is 0 Å². The summed E-state index contributed by atoms with van der Waals surface area (Å²) >= 11 is 0. The number of nitrogens with one attached hydrogen (secondary N) is 1. The topological polar surface area (TPSA) is 85.7 Å². The standard InChI is InChI=1S/C29H30F6N4O4/c1-28(2,3)43-27(41)36-17(11-16-12-20(31)21(32)14-19(16)30)13-24(40)38-9-10-39-22(15-38)25(37-26(39)29(33,34)35)18-7-5-6-8-23(18)42-4/h5-8,12,14,17H,9-11,13,15H2,1-4H3,(H,36,41). The van der Waals surface area contributed by atoms with Crippen LogP contribution in [0.3, 0.4) is 0 Å². The van der Waals surface area contributed by atoms with Crippen molar-refractivity contribution in [2.24, 2.45) is 0 Å². The molecule has 2 aromatic carbocycles. The Kier molecular flexibility index (Phi) is 8.97. The number of amides is 2. The molecule has 0 saturated heterocycles. The first-order chi connectivity index (χ1) is 20.1. The van der Waals surface area contributed by atoms with Crippen molar-refractivity contribution < 1.29 is 45.4 Å². The van der Waals surface area contributed by atoms with Gasteiger partial charge in [-0.2, -0.15) is 13.2 Å². The molecular formula is C29H30F6N4O4. The number of alkyl halides is 3. The van der Waals surface area contributed by atoms with Crippen molar-refractivity contribution in [1.82, 2.24) is 19.8 Å². The number of fused-ring (bicyclic) bond motifs is 1. The summed E-state index contributed by atoms with van der Waals surface area (Å²) in [7, 11) is 1.37. The number of carbonyl (C=O) groups is 2. The molecule has 1 atom stereocenters. The molecule has 2 amide bonds. The number of benzene rings is 2. The van der Waals surface area contributed by atoms with E-state index in [-0.39, 0.29) is 42.3 Å². The van der Waals surface area contributed by atoms with Crippen LogP contribution < -0.4 is 10.1 Å². The summed E-state index contributed by atoms with van der Waals surface area (Å²) < 4.78 is 95.2. The molecule has 14 heteroatoms. The van der Waals surface area contributed by atoms with E-state index in [0.29, 0.717) is 17.7 Å². The average molecular weight is 613 g/mol. The van der Waals surface area contributed by atoms with E-state index in [1.54, 1.807) is 45.0 Å². The lowest BCUT2D eigenvalue weighted by molar-refractivity contribution is -0.148. The van der Waals surface area contributed by atoms with Gasteiger partial charge >= 0.3 is 12.3 Å². The van der Waals surface area contributed by atoms with Gasteiger partial charge in [-0.15, -0.1) is 0 Å². The van der Waals surface area contributed by atoms with E-state index in [2.05, 4.69) is 10.3 Å². The van der Waals surface area contributed by atoms with Crippen molar-refractivity contribution in [2.45, 2.75) is 64.5 Å². The fraction of sp³-hybridized carbons (Fsp3) is 0.414. The fourth-order valence-corrected chi connectivity index (χ4v) is 4.83. The number of para-hydroxylation sites is 1. The van der Waals surface area contributed by atoms with Gasteiger partial charge in [-0.25, -0.2) is 22.9 Å². The van der Waals surface area contributed by atoms with Crippen LogP contribution in [0.2, 0.25) is 0 Å². The zero-order valence-corrected chi connectivity index (χ0v) is 23.8. The molecule has 8 nitrogen and oxygen atoms in total. The van der Waals surface area contributed by atoms with Crippen molar-refractivity contribution in [3.8, 4) is 17.0 Å². The minimum Gasteiger partial charge on any atom is -0.496 e. The maximum absolute atomic E-state index is 14.5. The third-order valence-electron chi connectivity index (χ3n) is 6.67. The molecule has 1 aliphatic heterocycles. The fourth-order valence-electron chi connectivity index (χ4n) is 4.83. The zero-order chi connectivity index (χ0) is 31.7. The highest BCUT2D eigenvalue weighted by Crippen LogP contribution is 2.38. The van der Waals surface area contributed by atoms with Crippen LogP contribution in [0.1, 0.15) is 44.3 Å². The lowest BCUT2D eigenvalue weighted by Crippen LogP contribution is -2.45. The molecule has 43 heavy (non-hydrogen) atoms. The van der Waals surface area contributed by atoms with Gasteiger partial charge in [0.15, 0.2) is 11.6 Å². The van der Waals surface area contributed by atoms with E-state index < -0.39 is 65.9 Å². The van der Waals surface area contributed by atoms with Gasteiger partial charge in [-0.1, -0.05) is 12.1 Å². The number of imidazole rings is 1. The van der Waals surface area contributed by atoms with Gasteiger partial charge in [-0.05, 0) is 51.0 Å². The normalized spacial score (nSPS) is 14.2. The SMILES string of the molecule is COc1ccccc1-c1nc(C(F)(F)F)n2c1CN(C(=O)CC(Cc1cc(F)c(F)cc1F)NC(=O)OC(C)(C)C)CC2. The summed E-state index contributed by atoms with van der Waals surface area (Å²) in [6.07, 6.45) is -6.54. The average Bonchev–Trinajstić information content (AvgIpc) is 3.30. The van der Waals surface area contributed by atoms with Gasteiger partial charge in [0.1, 0.15) is 17.2 Å². The summed E-state index contributed by atoms with van der Waals surface area (Å²) in [6.45, 7) is 4.22. The predicted molar refractivity (Wildman–Crippen MR) is 142 cm³/mol. The van der Waals surface area contributed by atoms with Crippen LogP contribution in [-0.2, 0) is 35.2 Å². The van der Waals surface area contributed by atoms with Gasteiger partial charge in [0, 0.05) is 37.2 Å². The smallest absolute Gasteiger partial charge is 0.449 e. The Hall–Kier alpha value is -4.23. The highest BCUT2D eigenvalue weighted by atomic mass is 19.4. The van der Waals surface area contributed by atoms with E-state index in [1.807, 2.05) is 0 Å². The molecule has 4 rings (SSSR count). The van der Waals surface area contributed by atoms with Crippen molar-refractivity contribution in [2.75, 3.05) is 13.7 Å². The third kappa shape index (κ3) is 7.41. The van der Waals surface area contributed by atoms with Gasteiger partial charge in [0.25, 0.3) is 0 Å². The second-order valence-electron chi connectivity index (χ2n) is 11.0. The lowest BCUT2D eigenvalue weighted by atomic mass is 10.0. The quantitative estimate of drug-likeness (QED) is 0.267. The summed E-state index contributed by atoms with van der Waals surface area (Å²) in [5, 5.41) is 2.47. The largest absolute Gasteiger partial charge is 0.496 e. The number of nitrogens with zero attached hydrogens (tertiary/aromatic N) is 3. The third-order valence-corrected chi connectivity index (χ3v) is 6.67. The number of methoxy groups -OCH3 is 1. The van der Waals surface area contributed by atoms with Crippen molar-refractivity contribution in [1.29, 1.82) is 0 Å². The van der Waals surface area contributed by atoms with Crippen LogP contribution in [-0.4, -0.2) is 51.7 Å². The number of aromatic nitrogens is 2. The number of ether oxygens (including phenoxy) is 2. The lowest BCUT2D eigenvalue weighted by Gasteiger charge is -2.31. The first-order valence-electron chi connectivity index (χ1n) is 13.3. The number of carbonyl (C=O) groups excluding carboxylic acids is 2. The highest BCUT2D eigenvalue weighted by Gasteiger charge is 2.41. The van der Waals surface area contributed by atoms with E-state index in [0.717, 1.165) is 4.57 Å². The molecule has 0 spiro atoms. The number of hydrogen-bond acceptors (Lipinski definition) is 5. The Balaban J connectivity index is 1.63. The van der Waals surface area contributed by atoms with E-state index in [1.165, 1.54) is 12.0 Å². The van der Waals surface area contributed by atoms with E-state index >= 15 is 0 Å². The summed E-state index contributed by atoms with van der Waals surface area (Å²) in [6, 6.07) is 6.26. The molecule has 0 bridgehead atoms. The minimum atomic E-state index is -4.77. The summed E-state index contributed by atoms with van der Waals surface area (Å²) in [5.41, 5.74) is -0.786. The highest BCUT2D eigenvalue weighted by molar-refractivity contribution is 5.79. The minimum absolute atomic E-state index is 0.00503. The second-order valence-corrected chi connectivity index (χ2v) is 11.0. The zero-order valence-electron chi connectivity index (χ0n) is 23.8. The predicted octanol–water partition coefficient (Wildman–Crippen LogP) is 5.86. The Morgan fingerprint density at radius 2 is 1.70 bits per heavy atom. The molecule has 0 saturated carbocycles. The first-order valence-corrected chi connectivity index (χ1v) is 13.3. The van der Waals surface area contributed by atoms with Crippen LogP contribution in [0.4, 0.5) is 31.1 Å². The van der Waals surface area contributed by atoms with Crippen molar-refractivity contribution in [3.05, 3.63) is 70.9 Å². The number of alkyl carbamates (subject to hydrolysis) is 1. The Morgan fingerprint density at radius 1 is 1.02 bits per heavy atom. The monoisotopic (exact) mass is 612 g/mol. The second kappa shape index (κ2) is 12.2. The molecule has 3 aromatic rings. The number of hydrogen-bond donors (Lipinski definition) is 1. The Bertz CT molecular complexity index is 1520. The van der Waals surface area contributed by atoms with Gasteiger partial charge in [0.05, 0.1) is 25.0 Å². The van der Waals surface area contributed by atoms with Gasteiger partial charge < -0.3 is 24.3 Å². The van der Waals surface area contributed by atoms with Crippen LogP contribution in [0.25, 0.3) is 11.3 Å². The first kappa shape index (κ1) is 31.7. The Labute approximate surface area is 243 Å². The van der Waals surface area contributed by atoms with Crippen LogP contribution in [0, 0.1) is 17.5 Å². The maximum Gasteiger partial charge on any atom is 0.449 e. The van der Waals surface area contributed by atoms with Gasteiger partial charge in [0.2, 0.25) is 11.7 Å². The molecule has 1 N–H and O–H groups in total. The molecular weight excluding hydrogens is 582 g/mol. The Morgan fingerprint density at radius 3 is 2.35 bits per heavy atom. The van der Waals surface area contributed by atoms with E-state index in [4.69, 9.17) is 9.47 Å². The molecule has 0 radical (unpaired) electrons. The van der Waals surface area contributed by atoms with Crippen LogP contribution in [0.15, 0.2) is 36.4 Å². The maximum atomic E-state index is 14.5. The number of rotatable bonds is 7. The van der Waals surface area contributed by atoms with Crippen molar-refractivity contribution >= 4 is 12.0 Å². The molecule has 0 fully saturated rings. The molecule has 1 unspecified atom stereocenters. The van der Waals surface area contributed by atoms with Crippen LogP contribution in [0.5, 0.6) is 5.75 Å². The molecule has 2 heterocycles. The molecule has 1 aliphatic rings.